The number of allylic oxidation sites excluding steroid dienone is 10. The number of likely N-dealkylation sites (N-methyl/N-ethyl adjacent to an activating group) is 1. The van der Waals surface area contributed by atoms with E-state index in [2.05, 4.69) is 68.5 Å². The molecule has 0 aromatic heterocycles. The fourth-order valence-corrected chi connectivity index (χ4v) is 9.03. The fraction of sp³-hybridized carbons (Fsp3) is 0.803. The lowest BCUT2D eigenvalue weighted by molar-refractivity contribution is -0.870. The summed E-state index contributed by atoms with van der Waals surface area (Å²) in [6.07, 6.45) is 67.5. The lowest BCUT2D eigenvalue weighted by Crippen LogP contribution is -2.37. The second-order valence-corrected chi connectivity index (χ2v) is 22.5. The van der Waals surface area contributed by atoms with Crippen LogP contribution in [0.25, 0.3) is 0 Å². The van der Waals surface area contributed by atoms with Crippen molar-refractivity contribution in [1.29, 1.82) is 0 Å². The Bertz CT molecular complexity index is 1380. The summed E-state index contributed by atoms with van der Waals surface area (Å²) in [5.74, 6) is -0.859. The van der Waals surface area contributed by atoms with Gasteiger partial charge in [0, 0.05) is 12.8 Å². The molecule has 2 unspecified atom stereocenters. The molecule has 0 spiro atoms. The monoisotopic (exact) mass is 1020 g/mol. The summed E-state index contributed by atoms with van der Waals surface area (Å²) in [5.41, 5.74) is 0. The SMILES string of the molecule is CC/C=C\C/C=C\C/C=C\C/C=C\C/C=C\CCCC(=O)OC(COC(=O)CCCCCCCCCCCCCCCCCCCCCCCCCCCCCCCC)COP(=O)(O)OCC[N+](C)(C)C. The number of ether oxygens (including phenoxy) is 2. The third-order valence-electron chi connectivity index (χ3n) is 12.8. The van der Waals surface area contributed by atoms with Crippen LogP contribution in [0, 0.1) is 0 Å². The average molecular weight is 1020 g/mol. The molecule has 0 aromatic rings. The molecule has 414 valence electrons. The maximum absolute atomic E-state index is 12.7. The van der Waals surface area contributed by atoms with Gasteiger partial charge in [-0.1, -0.05) is 261 Å². The van der Waals surface area contributed by atoms with Gasteiger partial charge in [0.05, 0.1) is 27.7 Å². The van der Waals surface area contributed by atoms with Gasteiger partial charge in [-0.3, -0.25) is 18.6 Å². The van der Waals surface area contributed by atoms with Crippen molar-refractivity contribution < 1.29 is 42.1 Å². The van der Waals surface area contributed by atoms with Crippen molar-refractivity contribution in [3.8, 4) is 0 Å². The lowest BCUT2D eigenvalue weighted by Gasteiger charge is -2.24. The zero-order chi connectivity index (χ0) is 52.0. The molecular weight excluding hydrogens is 906 g/mol. The molecule has 71 heavy (non-hydrogen) atoms. The molecule has 0 saturated carbocycles. The maximum Gasteiger partial charge on any atom is 0.472 e. The molecule has 0 bridgehead atoms. The predicted octanol–water partition coefficient (Wildman–Crippen LogP) is 18.3. The number of phosphoric acid groups is 1. The lowest BCUT2D eigenvalue weighted by atomic mass is 10.0. The Labute approximate surface area is 438 Å². The van der Waals surface area contributed by atoms with Gasteiger partial charge < -0.3 is 18.9 Å². The fourth-order valence-electron chi connectivity index (χ4n) is 8.29. The summed E-state index contributed by atoms with van der Waals surface area (Å²) in [7, 11) is 1.44. The molecule has 10 heteroatoms. The number of rotatable bonds is 54. The molecule has 0 heterocycles. The summed E-state index contributed by atoms with van der Waals surface area (Å²) >= 11 is 0. The first-order valence-corrected chi connectivity index (χ1v) is 31.0. The molecular formula is C61H113NO8P+. The van der Waals surface area contributed by atoms with Crippen LogP contribution >= 0.6 is 7.82 Å². The van der Waals surface area contributed by atoms with Crippen molar-refractivity contribution >= 4 is 19.8 Å². The van der Waals surface area contributed by atoms with Gasteiger partial charge in [0.25, 0.3) is 0 Å². The smallest absolute Gasteiger partial charge is 0.462 e. The van der Waals surface area contributed by atoms with Gasteiger partial charge in [0.1, 0.15) is 19.8 Å². The van der Waals surface area contributed by atoms with E-state index >= 15 is 0 Å². The number of phosphoric ester groups is 1. The second-order valence-electron chi connectivity index (χ2n) is 21.0. The van der Waals surface area contributed by atoms with E-state index in [0.29, 0.717) is 23.9 Å². The standard InChI is InChI=1S/C61H112NO8P/c1-6-8-10-12-14-16-18-20-22-24-25-26-27-28-29-30-31-32-33-34-35-36-38-39-41-43-45-47-49-51-53-60(63)67-57-59(58-69-71(65,66)68-56-55-62(3,4)5)70-61(64)54-52-50-48-46-44-42-40-37-23-21-19-17-15-13-11-9-7-2/h9,11,15,17,21,23,40,42,46,48,59H,6-8,10,12-14,16,18-20,22,24-39,41,43-45,47,49-58H2,1-5H3/p+1/b11-9-,17-15-,23-21-,42-40-,48-46-. The third kappa shape index (κ3) is 56.9. The normalized spacial score (nSPS) is 13.7. The Hall–Kier alpha value is -2.29. The van der Waals surface area contributed by atoms with Crippen molar-refractivity contribution in [2.24, 2.45) is 0 Å². The number of carbonyl (C=O) groups is 2. The van der Waals surface area contributed by atoms with Crippen LogP contribution in [-0.2, 0) is 32.7 Å². The minimum atomic E-state index is -4.40. The van der Waals surface area contributed by atoms with Gasteiger partial charge in [0.2, 0.25) is 0 Å². The molecule has 0 radical (unpaired) electrons. The Morgan fingerprint density at radius 1 is 0.451 bits per heavy atom. The molecule has 0 amide bonds. The van der Waals surface area contributed by atoms with Crippen molar-refractivity contribution in [2.45, 2.75) is 270 Å². The number of esters is 2. The van der Waals surface area contributed by atoms with Gasteiger partial charge in [-0.15, -0.1) is 0 Å². The van der Waals surface area contributed by atoms with Crippen LogP contribution in [0.15, 0.2) is 60.8 Å². The quantitative estimate of drug-likeness (QED) is 0.0211. The first kappa shape index (κ1) is 68.7. The maximum atomic E-state index is 12.7. The number of quaternary nitrogens is 1. The van der Waals surface area contributed by atoms with E-state index in [1.165, 1.54) is 173 Å². The van der Waals surface area contributed by atoms with E-state index in [1.807, 2.05) is 27.2 Å². The van der Waals surface area contributed by atoms with E-state index in [0.717, 1.165) is 51.4 Å². The zero-order valence-corrected chi connectivity index (χ0v) is 47.9. The Morgan fingerprint density at radius 2 is 0.803 bits per heavy atom. The molecule has 0 aliphatic rings. The molecule has 0 aliphatic heterocycles. The summed E-state index contributed by atoms with van der Waals surface area (Å²) < 4.78 is 34.5. The van der Waals surface area contributed by atoms with Gasteiger partial charge in [-0.05, 0) is 51.4 Å². The van der Waals surface area contributed by atoms with Crippen molar-refractivity contribution in [3.05, 3.63) is 60.8 Å². The van der Waals surface area contributed by atoms with Gasteiger partial charge in [-0.2, -0.15) is 0 Å². The average Bonchev–Trinajstić information content (AvgIpc) is 3.33. The molecule has 0 saturated heterocycles. The Balaban J connectivity index is 4.09. The highest BCUT2D eigenvalue weighted by Gasteiger charge is 2.27. The number of unbranched alkanes of at least 4 members (excludes halogenated alkanes) is 30. The largest absolute Gasteiger partial charge is 0.472 e. The van der Waals surface area contributed by atoms with E-state index in [-0.39, 0.29) is 32.0 Å². The molecule has 0 aromatic carbocycles. The summed E-state index contributed by atoms with van der Waals surface area (Å²) in [6, 6.07) is 0. The van der Waals surface area contributed by atoms with Crippen LogP contribution in [0.4, 0.5) is 0 Å². The number of carbonyl (C=O) groups excluding carboxylic acids is 2. The van der Waals surface area contributed by atoms with E-state index in [1.54, 1.807) is 0 Å². The van der Waals surface area contributed by atoms with Gasteiger partial charge in [0.15, 0.2) is 6.10 Å². The molecule has 1 N–H and O–H groups in total. The van der Waals surface area contributed by atoms with E-state index < -0.39 is 26.5 Å². The minimum Gasteiger partial charge on any atom is -0.462 e. The Morgan fingerprint density at radius 3 is 1.18 bits per heavy atom. The van der Waals surface area contributed by atoms with Crippen molar-refractivity contribution in [1.82, 2.24) is 0 Å². The zero-order valence-electron chi connectivity index (χ0n) is 47.0. The number of nitrogens with zero attached hydrogens (tertiary/aromatic N) is 1. The third-order valence-corrected chi connectivity index (χ3v) is 13.8. The van der Waals surface area contributed by atoms with Crippen LogP contribution in [0.3, 0.4) is 0 Å². The molecule has 0 fully saturated rings. The molecule has 9 nitrogen and oxygen atoms in total. The van der Waals surface area contributed by atoms with Crippen LogP contribution < -0.4 is 0 Å². The molecule has 2 atom stereocenters. The highest BCUT2D eigenvalue weighted by atomic mass is 31.2. The van der Waals surface area contributed by atoms with Crippen molar-refractivity contribution in [2.75, 3.05) is 47.5 Å². The van der Waals surface area contributed by atoms with Crippen LogP contribution in [0.2, 0.25) is 0 Å². The van der Waals surface area contributed by atoms with E-state index in [4.69, 9.17) is 18.5 Å². The first-order valence-electron chi connectivity index (χ1n) is 29.5. The minimum absolute atomic E-state index is 0.0201. The molecule has 0 rings (SSSR count). The predicted molar refractivity (Wildman–Crippen MR) is 303 cm³/mol. The Kier molecular flexibility index (Phi) is 50.9. The van der Waals surface area contributed by atoms with Crippen LogP contribution in [0.5, 0.6) is 0 Å². The summed E-state index contributed by atoms with van der Waals surface area (Å²) in [6.45, 7) is 4.28. The van der Waals surface area contributed by atoms with Gasteiger partial charge >= 0.3 is 19.8 Å². The highest BCUT2D eigenvalue weighted by molar-refractivity contribution is 7.47. The van der Waals surface area contributed by atoms with Crippen LogP contribution in [-0.4, -0.2) is 74.9 Å². The van der Waals surface area contributed by atoms with Gasteiger partial charge in [-0.25, -0.2) is 4.57 Å². The highest BCUT2D eigenvalue weighted by Crippen LogP contribution is 2.43. The van der Waals surface area contributed by atoms with E-state index in [9.17, 15) is 19.0 Å². The number of hydrogen-bond donors (Lipinski definition) is 1. The topological polar surface area (TPSA) is 108 Å². The first-order chi connectivity index (χ1) is 34.5. The number of hydrogen-bond acceptors (Lipinski definition) is 7. The van der Waals surface area contributed by atoms with Crippen molar-refractivity contribution in [3.63, 3.8) is 0 Å². The summed E-state index contributed by atoms with van der Waals surface area (Å²) in [5, 5.41) is 0. The second kappa shape index (κ2) is 52.6. The van der Waals surface area contributed by atoms with Crippen LogP contribution in [0.1, 0.15) is 264 Å². The summed E-state index contributed by atoms with van der Waals surface area (Å²) in [4.78, 5) is 35.6. The molecule has 0 aliphatic carbocycles.